The lowest BCUT2D eigenvalue weighted by Crippen LogP contribution is -2.46. The van der Waals surface area contributed by atoms with E-state index in [9.17, 15) is 0 Å². The standard InChI is InChI=1S/C19H22N4O2/c1-13(22-10-16(11-22)19-9-18(12-24)25-21-19)15-3-5-17(6-4-15)23-8-7-20-14(23)2/h3-9,13,16,24H,10-12H2,1-2H3. The largest absolute Gasteiger partial charge is 0.388 e. The molecule has 1 saturated heterocycles. The molecule has 0 radical (unpaired) electrons. The molecule has 1 atom stereocenters. The third kappa shape index (κ3) is 2.99. The van der Waals surface area contributed by atoms with Crippen LogP contribution >= 0.6 is 0 Å². The second-order valence-electron chi connectivity index (χ2n) is 6.64. The second-order valence-corrected chi connectivity index (χ2v) is 6.64. The number of rotatable bonds is 5. The fourth-order valence-corrected chi connectivity index (χ4v) is 3.39. The second kappa shape index (κ2) is 6.46. The fraction of sp³-hybridized carbons (Fsp3) is 0.368. The Kier molecular flexibility index (Phi) is 4.15. The van der Waals surface area contributed by atoms with Gasteiger partial charge in [-0.25, -0.2) is 4.98 Å². The van der Waals surface area contributed by atoms with E-state index in [4.69, 9.17) is 9.63 Å². The molecular formula is C19H22N4O2. The summed E-state index contributed by atoms with van der Waals surface area (Å²) >= 11 is 0. The SMILES string of the molecule is Cc1nccn1-c1ccc(C(C)N2CC(c3cc(CO)on3)C2)cc1. The summed E-state index contributed by atoms with van der Waals surface area (Å²) in [5, 5.41) is 13.1. The van der Waals surface area contributed by atoms with E-state index in [1.54, 1.807) is 0 Å². The smallest absolute Gasteiger partial charge is 0.162 e. The summed E-state index contributed by atoms with van der Waals surface area (Å²) in [5.41, 5.74) is 3.38. The molecule has 6 heteroatoms. The summed E-state index contributed by atoms with van der Waals surface area (Å²) in [5.74, 6) is 1.91. The van der Waals surface area contributed by atoms with E-state index >= 15 is 0 Å². The van der Waals surface area contributed by atoms with E-state index in [2.05, 4.69) is 50.8 Å². The van der Waals surface area contributed by atoms with E-state index in [1.807, 2.05) is 25.4 Å². The Bertz CT molecular complexity index is 846. The molecule has 1 aromatic carbocycles. The lowest BCUT2D eigenvalue weighted by Gasteiger charge is -2.42. The number of aromatic nitrogens is 3. The van der Waals surface area contributed by atoms with Gasteiger partial charge in [-0.2, -0.15) is 0 Å². The molecule has 1 fully saturated rings. The van der Waals surface area contributed by atoms with Crippen molar-refractivity contribution in [1.29, 1.82) is 0 Å². The van der Waals surface area contributed by atoms with Gasteiger partial charge in [0, 0.05) is 49.2 Å². The molecule has 0 spiro atoms. The quantitative estimate of drug-likeness (QED) is 0.775. The summed E-state index contributed by atoms with van der Waals surface area (Å²) in [6, 6.07) is 10.9. The van der Waals surface area contributed by atoms with Gasteiger partial charge < -0.3 is 14.2 Å². The molecule has 1 N–H and O–H groups in total. The van der Waals surface area contributed by atoms with Gasteiger partial charge in [0.25, 0.3) is 0 Å². The zero-order chi connectivity index (χ0) is 17.4. The van der Waals surface area contributed by atoms with Gasteiger partial charge in [0.15, 0.2) is 5.76 Å². The van der Waals surface area contributed by atoms with Crippen LogP contribution in [-0.2, 0) is 6.61 Å². The zero-order valence-electron chi connectivity index (χ0n) is 14.5. The van der Waals surface area contributed by atoms with Crippen molar-refractivity contribution in [3.8, 4) is 5.69 Å². The maximum atomic E-state index is 9.07. The topological polar surface area (TPSA) is 67.3 Å². The monoisotopic (exact) mass is 338 g/mol. The summed E-state index contributed by atoms with van der Waals surface area (Å²) < 4.78 is 7.16. The highest BCUT2D eigenvalue weighted by Crippen LogP contribution is 2.34. The normalized spacial score (nSPS) is 16.8. The Balaban J connectivity index is 1.40. The van der Waals surface area contributed by atoms with Gasteiger partial charge in [0.2, 0.25) is 0 Å². The molecule has 130 valence electrons. The van der Waals surface area contributed by atoms with Crippen LogP contribution in [0.5, 0.6) is 0 Å². The van der Waals surface area contributed by atoms with Crippen molar-refractivity contribution in [1.82, 2.24) is 19.6 Å². The van der Waals surface area contributed by atoms with Crippen molar-refractivity contribution in [3.63, 3.8) is 0 Å². The molecule has 1 aliphatic heterocycles. The van der Waals surface area contributed by atoms with Crippen LogP contribution in [0.4, 0.5) is 0 Å². The average Bonchev–Trinajstić information content (AvgIpc) is 3.22. The summed E-state index contributed by atoms with van der Waals surface area (Å²) in [7, 11) is 0. The minimum atomic E-state index is -0.0947. The van der Waals surface area contributed by atoms with E-state index in [0.717, 1.165) is 30.3 Å². The summed E-state index contributed by atoms with van der Waals surface area (Å²) in [4.78, 5) is 6.70. The first kappa shape index (κ1) is 16.1. The Hall–Kier alpha value is -2.44. The number of hydrogen-bond acceptors (Lipinski definition) is 5. The molecule has 0 amide bonds. The highest BCUT2D eigenvalue weighted by atomic mass is 16.5. The molecule has 3 heterocycles. The molecule has 0 bridgehead atoms. The minimum absolute atomic E-state index is 0.0947. The number of likely N-dealkylation sites (tertiary alicyclic amines) is 1. The van der Waals surface area contributed by atoms with Crippen LogP contribution in [0.1, 0.15) is 41.7 Å². The maximum Gasteiger partial charge on any atom is 0.162 e. The van der Waals surface area contributed by atoms with Crippen LogP contribution in [0, 0.1) is 6.92 Å². The molecule has 0 saturated carbocycles. The van der Waals surface area contributed by atoms with Crippen LogP contribution in [0.25, 0.3) is 5.69 Å². The van der Waals surface area contributed by atoms with Crippen molar-refractivity contribution < 1.29 is 9.63 Å². The third-order valence-corrected chi connectivity index (χ3v) is 5.09. The highest BCUT2D eigenvalue weighted by molar-refractivity contribution is 5.37. The fourth-order valence-electron chi connectivity index (χ4n) is 3.39. The van der Waals surface area contributed by atoms with Crippen LogP contribution in [-0.4, -0.2) is 37.8 Å². The van der Waals surface area contributed by atoms with Gasteiger partial charge in [-0.3, -0.25) is 4.90 Å². The predicted molar refractivity (Wildman–Crippen MR) is 93.5 cm³/mol. The Morgan fingerprint density at radius 1 is 1.28 bits per heavy atom. The van der Waals surface area contributed by atoms with Crippen molar-refractivity contribution in [2.24, 2.45) is 0 Å². The number of benzene rings is 1. The molecule has 2 aromatic heterocycles. The van der Waals surface area contributed by atoms with Crippen molar-refractivity contribution in [2.75, 3.05) is 13.1 Å². The molecule has 3 aromatic rings. The first-order chi connectivity index (χ1) is 12.2. The van der Waals surface area contributed by atoms with Crippen molar-refractivity contribution >= 4 is 0 Å². The lowest BCUT2D eigenvalue weighted by atomic mass is 9.92. The number of aliphatic hydroxyl groups is 1. The van der Waals surface area contributed by atoms with Crippen molar-refractivity contribution in [2.45, 2.75) is 32.4 Å². The number of aryl methyl sites for hydroxylation is 1. The lowest BCUT2D eigenvalue weighted by molar-refractivity contribution is 0.0966. The molecule has 1 aliphatic rings. The molecule has 4 rings (SSSR count). The predicted octanol–water partition coefficient (Wildman–Crippen LogP) is 2.82. The van der Waals surface area contributed by atoms with Gasteiger partial charge in [-0.15, -0.1) is 0 Å². The Labute approximate surface area is 146 Å². The third-order valence-electron chi connectivity index (χ3n) is 5.09. The van der Waals surface area contributed by atoms with Crippen LogP contribution in [0.15, 0.2) is 47.2 Å². The first-order valence-corrected chi connectivity index (χ1v) is 8.56. The number of aliphatic hydroxyl groups excluding tert-OH is 1. The van der Waals surface area contributed by atoms with Gasteiger partial charge in [0.1, 0.15) is 12.4 Å². The van der Waals surface area contributed by atoms with E-state index in [-0.39, 0.29) is 6.61 Å². The maximum absolute atomic E-state index is 9.07. The zero-order valence-corrected chi connectivity index (χ0v) is 14.5. The molecule has 1 unspecified atom stereocenters. The first-order valence-electron chi connectivity index (χ1n) is 8.56. The Morgan fingerprint density at radius 3 is 2.64 bits per heavy atom. The highest BCUT2D eigenvalue weighted by Gasteiger charge is 2.33. The molecule has 25 heavy (non-hydrogen) atoms. The van der Waals surface area contributed by atoms with E-state index in [0.29, 0.717) is 17.7 Å². The van der Waals surface area contributed by atoms with Crippen molar-refractivity contribution in [3.05, 3.63) is 65.6 Å². The minimum Gasteiger partial charge on any atom is -0.388 e. The Morgan fingerprint density at radius 2 is 2.04 bits per heavy atom. The van der Waals surface area contributed by atoms with Crippen LogP contribution in [0.2, 0.25) is 0 Å². The molecular weight excluding hydrogens is 316 g/mol. The number of hydrogen-bond donors (Lipinski definition) is 1. The van der Waals surface area contributed by atoms with E-state index < -0.39 is 0 Å². The number of nitrogens with zero attached hydrogens (tertiary/aromatic N) is 4. The van der Waals surface area contributed by atoms with Gasteiger partial charge in [-0.1, -0.05) is 17.3 Å². The molecule has 6 nitrogen and oxygen atoms in total. The van der Waals surface area contributed by atoms with Crippen LogP contribution in [0.3, 0.4) is 0 Å². The average molecular weight is 338 g/mol. The summed E-state index contributed by atoms with van der Waals surface area (Å²) in [6.07, 6.45) is 3.80. The number of imidazole rings is 1. The van der Waals surface area contributed by atoms with Gasteiger partial charge >= 0.3 is 0 Å². The van der Waals surface area contributed by atoms with Gasteiger partial charge in [0.05, 0.1) is 5.69 Å². The molecule has 0 aliphatic carbocycles. The summed E-state index contributed by atoms with van der Waals surface area (Å²) in [6.45, 7) is 6.06. The van der Waals surface area contributed by atoms with Crippen LogP contribution < -0.4 is 0 Å². The van der Waals surface area contributed by atoms with Gasteiger partial charge in [-0.05, 0) is 31.5 Å². The van der Waals surface area contributed by atoms with E-state index in [1.165, 1.54) is 5.56 Å².